The SMILES string of the molecule is CS(=O)(=O)Nc1cc(F)c(OC2CC2)cn1. The van der Waals surface area contributed by atoms with Gasteiger partial charge in [0.25, 0.3) is 0 Å². The van der Waals surface area contributed by atoms with Crippen LogP contribution in [0.2, 0.25) is 0 Å². The van der Waals surface area contributed by atoms with Crippen molar-refractivity contribution in [2.24, 2.45) is 0 Å². The third-order valence-electron chi connectivity index (χ3n) is 1.93. The highest BCUT2D eigenvalue weighted by molar-refractivity contribution is 7.92. The van der Waals surface area contributed by atoms with Crippen molar-refractivity contribution in [2.75, 3.05) is 11.0 Å². The van der Waals surface area contributed by atoms with Gasteiger partial charge in [-0.25, -0.2) is 17.8 Å². The van der Waals surface area contributed by atoms with Gasteiger partial charge in [-0.15, -0.1) is 0 Å². The fraction of sp³-hybridized carbons (Fsp3) is 0.444. The van der Waals surface area contributed by atoms with Crippen LogP contribution >= 0.6 is 0 Å². The fourth-order valence-corrected chi connectivity index (χ4v) is 1.61. The van der Waals surface area contributed by atoms with Crippen molar-refractivity contribution in [3.63, 3.8) is 0 Å². The Morgan fingerprint density at radius 3 is 2.75 bits per heavy atom. The number of anilines is 1. The molecule has 88 valence electrons. The van der Waals surface area contributed by atoms with E-state index in [2.05, 4.69) is 9.71 Å². The number of nitrogens with zero attached hydrogens (tertiary/aromatic N) is 1. The second-order valence-corrected chi connectivity index (χ2v) is 5.44. The monoisotopic (exact) mass is 246 g/mol. The van der Waals surface area contributed by atoms with E-state index in [-0.39, 0.29) is 17.7 Å². The van der Waals surface area contributed by atoms with Crippen LogP contribution in [0.25, 0.3) is 0 Å². The van der Waals surface area contributed by atoms with E-state index in [0.717, 1.165) is 25.2 Å². The number of hydrogen-bond donors (Lipinski definition) is 1. The second kappa shape index (κ2) is 3.89. The van der Waals surface area contributed by atoms with Crippen molar-refractivity contribution in [3.8, 4) is 5.75 Å². The van der Waals surface area contributed by atoms with Crippen LogP contribution in [0.1, 0.15) is 12.8 Å². The molecule has 1 aliphatic carbocycles. The van der Waals surface area contributed by atoms with Crippen LogP contribution in [0.3, 0.4) is 0 Å². The summed E-state index contributed by atoms with van der Waals surface area (Å²) in [6, 6.07) is 0.999. The molecule has 0 radical (unpaired) electrons. The zero-order valence-corrected chi connectivity index (χ0v) is 9.42. The summed E-state index contributed by atoms with van der Waals surface area (Å²) in [5, 5.41) is 0. The molecule has 0 bridgehead atoms. The van der Waals surface area contributed by atoms with Gasteiger partial charge in [-0.05, 0) is 12.8 Å². The molecule has 1 N–H and O–H groups in total. The summed E-state index contributed by atoms with van der Waals surface area (Å²) in [5.74, 6) is -0.613. The molecule has 16 heavy (non-hydrogen) atoms. The highest BCUT2D eigenvalue weighted by Crippen LogP contribution is 2.28. The molecule has 0 unspecified atom stereocenters. The maximum atomic E-state index is 13.4. The quantitative estimate of drug-likeness (QED) is 0.864. The molecule has 1 aliphatic rings. The average molecular weight is 246 g/mol. The van der Waals surface area contributed by atoms with Crippen LogP contribution in [-0.4, -0.2) is 25.8 Å². The first-order valence-electron chi connectivity index (χ1n) is 4.74. The van der Waals surface area contributed by atoms with Crippen LogP contribution < -0.4 is 9.46 Å². The molecule has 1 aromatic heterocycles. The third kappa shape index (κ3) is 3.06. The van der Waals surface area contributed by atoms with Gasteiger partial charge in [0.05, 0.1) is 18.6 Å². The Bertz CT molecular complexity index is 499. The smallest absolute Gasteiger partial charge is 0.230 e. The van der Waals surface area contributed by atoms with Gasteiger partial charge >= 0.3 is 0 Å². The third-order valence-corrected chi connectivity index (χ3v) is 2.51. The van der Waals surface area contributed by atoms with E-state index >= 15 is 0 Å². The maximum Gasteiger partial charge on any atom is 0.230 e. The summed E-state index contributed by atoms with van der Waals surface area (Å²) >= 11 is 0. The Balaban J connectivity index is 2.14. The normalized spacial score (nSPS) is 15.9. The maximum absolute atomic E-state index is 13.4. The van der Waals surface area contributed by atoms with Crippen molar-refractivity contribution in [2.45, 2.75) is 18.9 Å². The van der Waals surface area contributed by atoms with Gasteiger partial charge in [0.15, 0.2) is 11.6 Å². The predicted molar refractivity (Wildman–Crippen MR) is 56.3 cm³/mol. The largest absolute Gasteiger partial charge is 0.486 e. The van der Waals surface area contributed by atoms with E-state index in [4.69, 9.17) is 4.74 Å². The molecule has 0 atom stereocenters. The fourth-order valence-electron chi connectivity index (χ4n) is 1.12. The molecule has 2 rings (SSSR count). The van der Waals surface area contributed by atoms with Crippen molar-refractivity contribution in [1.29, 1.82) is 0 Å². The molecule has 1 fully saturated rings. The number of halogens is 1. The van der Waals surface area contributed by atoms with Gasteiger partial charge in [-0.2, -0.15) is 0 Å². The van der Waals surface area contributed by atoms with Crippen molar-refractivity contribution in [1.82, 2.24) is 4.98 Å². The molecule has 1 saturated carbocycles. The Hall–Kier alpha value is -1.37. The van der Waals surface area contributed by atoms with E-state index < -0.39 is 15.8 Å². The minimum Gasteiger partial charge on any atom is -0.486 e. The zero-order chi connectivity index (χ0) is 11.8. The molecule has 1 heterocycles. The number of sulfonamides is 1. The summed E-state index contributed by atoms with van der Waals surface area (Å²) in [6.45, 7) is 0. The molecule has 7 heteroatoms. The lowest BCUT2D eigenvalue weighted by atomic mass is 10.4. The van der Waals surface area contributed by atoms with Gasteiger partial charge in [0.1, 0.15) is 5.82 Å². The standard InChI is InChI=1S/C9H11FN2O3S/c1-16(13,14)12-9-4-7(10)8(5-11-9)15-6-2-3-6/h4-6H,2-3H2,1H3,(H,11,12). The lowest BCUT2D eigenvalue weighted by Gasteiger charge is -2.07. The summed E-state index contributed by atoms with van der Waals surface area (Å²) in [7, 11) is -3.44. The molecule has 5 nitrogen and oxygen atoms in total. The molecule has 0 amide bonds. The van der Waals surface area contributed by atoms with Gasteiger partial charge in [0, 0.05) is 6.07 Å². The molecular formula is C9H11FN2O3S. The zero-order valence-electron chi connectivity index (χ0n) is 8.60. The summed E-state index contributed by atoms with van der Waals surface area (Å²) < 4.78 is 42.5. The van der Waals surface area contributed by atoms with Crippen molar-refractivity contribution >= 4 is 15.8 Å². The topological polar surface area (TPSA) is 68.3 Å². The summed E-state index contributed by atoms with van der Waals surface area (Å²) in [6.07, 6.45) is 4.07. The van der Waals surface area contributed by atoms with Crippen LogP contribution in [0.5, 0.6) is 5.75 Å². The van der Waals surface area contributed by atoms with E-state index in [0.29, 0.717) is 0 Å². The number of ether oxygens (including phenoxy) is 1. The Morgan fingerprint density at radius 1 is 1.56 bits per heavy atom. The van der Waals surface area contributed by atoms with E-state index in [1.807, 2.05) is 0 Å². The first-order chi connectivity index (χ1) is 7.44. The van der Waals surface area contributed by atoms with Crippen LogP contribution in [-0.2, 0) is 10.0 Å². The van der Waals surface area contributed by atoms with Crippen molar-refractivity contribution in [3.05, 3.63) is 18.1 Å². The molecule has 0 spiro atoms. The van der Waals surface area contributed by atoms with Crippen LogP contribution in [0.15, 0.2) is 12.3 Å². The Kier molecular flexibility index (Phi) is 2.71. The number of aromatic nitrogens is 1. The van der Waals surface area contributed by atoms with Crippen LogP contribution in [0, 0.1) is 5.82 Å². The minimum absolute atomic E-state index is 0.0526. The van der Waals surface area contributed by atoms with Gasteiger partial charge < -0.3 is 4.74 Å². The molecule has 0 aliphatic heterocycles. The Morgan fingerprint density at radius 2 is 2.25 bits per heavy atom. The molecule has 1 aromatic rings. The summed E-state index contributed by atoms with van der Waals surface area (Å²) in [4.78, 5) is 3.75. The number of pyridine rings is 1. The number of nitrogens with one attached hydrogen (secondary N) is 1. The first-order valence-corrected chi connectivity index (χ1v) is 6.63. The van der Waals surface area contributed by atoms with E-state index in [1.54, 1.807) is 0 Å². The van der Waals surface area contributed by atoms with E-state index in [1.165, 1.54) is 6.20 Å². The molecule has 0 saturated heterocycles. The molecular weight excluding hydrogens is 235 g/mol. The van der Waals surface area contributed by atoms with E-state index in [9.17, 15) is 12.8 Å². The second-order valence-electron chi connectivity index (χ2n) is 3.69. The van der Waals surface area contributed by atoms with Crippen LogP contribution in [0.4, 0.5) is 10.2 Å². The lowest BCUT2D eigenvalue weighted by molar-refractivity contribution is 0.286. The summed E-state index contributed by atoms with van der Waals surface area (Å²) in [5.41, 5.74) is 0. The van der Waals surface area contributed by atoms with Gasteiger partial charge in [-0.1, -0.05) is 0 Å². The van der Waals surface area contributed by atoms with Crippen molar-refractivity contribution < 1.29 is 17.5 Å². The molecule has 0 aromatic carbocycles. The highest BCUT2D eigenvalue weighted by atomic mass is 32.2. The van der Waals surface area contributed by atoms with Gasteiger partial charge in [-0.3, -0.25) is 4.72 Å². The lowest BCUT2D eigenvalue weighted by Crippen LogP contribution is -2.11. The minimum atomic E-state index is -3.44. The predicted octanol–water partition coefficient (Wildman–Crippen LogP) is 1.13. The number of rotatable bonds is 4. The average Bonchev–Trinajstić information content (AvgIpc) is 2.90. The Labute approximate surface area is 92.7 Å². The van der Waals surface area contributed by atoms with Gasteiger partial charge in [0.2, 0.25) is 10.0 Å². The highest BCUT2D eigenvalue weighted by Gasteiger charge is 2.25. The number of hydrogen-bond acceptors (Lipinski definition) is 4. The first kappa shape index (κ1) is 11.1.